The van der Waals surface area contributed by atoms with Crippen LogP contribution < -0.4 is 5.32 Å². The molecule has 1 N–H and O–H groups in total. The van der Waals surface area contributed by atoms with Gasteiger partial charge >= 0.3 is 0 Å². The van der Waals surface area contributed by atoms with Gasteiger partial charge in [0.2, 0.25) is 5.91 Å². The Hall–Kier alpha value is -1.12. The molecule has 0 rings (SSSR count). The van der Waals surface area contributed by atoms with Gasteiger partial charge in [-0.05, 0) is 18.9 Å². The van der Waals surface area contributed by atoms with Crippen molar-refractivity contribution in [2.75, 3.05) is 6.54 Å². The molecule has 0 saturated heterocycles. The lowest BCUT2D eigenvalue weighted by atomic mass is 10.2. The van der Waals surface area contributed by atoms with E-state index in [1.165, 1.54) is 0 Å². The Morgan fingerprint density at radius 1 is 1.42 bits per heavy atom. The molecule has 0 saturated carbocycles. The van der Waals surface area contributed by atoms with Crippen molar-refractivity contribution in [3.8, 4) is 0 Å². The van der Waals surface area contributed by atoms with Crippen LogP contribution >= 0.6 is 0 Å². The Balaban J connectivity index is 3.61. The molecule has 0 spiro atoms. The SMILES string of the molecule is C=C(C)C(=O)CNC(=O)CCC. The summed E-state index contributed by atoms with van der Waals surface area (Å²) in [5, 5.41) is 2.52. The zero-order chi connectivity index (χ0) is 9.56. The first kappa shape index (κ1) is 10.9. The fourth-order valence-electron chi connectivity index (χ4n) is 0.645. The van der Waals surface area contributed by atoms with Gasteiger partial charge in [-0.25, -0.2) is 0 Å². The molecule has 68 valence electrons. The van der Waals surface area contributed by atoms with Gasteiger partial charge in [-0.15, -0.1) is 0 Å². The number of carbonyl (C=O) groups is 2. The monoisotopic (exact) mass is 169 g/mol. The Morgan fingerprint density at radius 2 is 2.00 bits per heavy atom. The molecule has 3 heteroatoms. The van der Waals surface area contributed by atoms with E-state index in [1.807, 2.05) is 6.92 Å². The maximum atomic E-state index is 10.9. The van der Waals surface area contributed by atoms with Crippen molar-refractivity contribution in [2.24, 2.45) is 0 Å². The first-order chi connectivity index (χ1) is 5.57. The smallest absolute Gasteiger partial charge is 0.220 e. The number of nitrogens with one attached hydrogen (secondary N) is 1. The molecule has 0 fully saturated rings. The Bertz CT molecular complexity index is 197. The summed E-state index contributed by atoms with van der Waals surface area (Å²) in [6, 6.07) is 0. The highest BCUT2D eigenvalue weighted by Crippen LogP contribution is 1.89. The van der Waals surface area contributed by atoms with E-state index in [0.29, 0.717) is 12.0 Å². The van der Waals surface area contributed by atoms with Crippen LogP contribution in [0.25, 0.3) is 0 Å². The number of Topliss-reactive ketones (excluding diaryl/α,β-unsaturated/α-hetero) is 1. The number of rotatable bonds is 5. The van der Waals surface area contributed by atoms with Crippen LogP contribution in [0.3, 0.4) is 0 Å². The molecule has 1 amide bonds. The van der Waals surface area contributed by atoms with E-state index in [4.69, 9.17) is 0 Å². The maximum absolute atomic E-state index is 10.9. The van der Waals surface area contributed by atoms with Crippen molar-refractivity contribution in [2.45, 2.75) is 26.7 Å². The summed E-state index contributed by atoms with van der Waals surface area (Å²) >= 11 is 0. The van der Waals surface area contributed by atoms with Gasteiger partial charge in [-0.1, -0.05) is 13.5 Å². The van der Waals surface area contributed by atoms with Crippen LogP contribution in [0, 0.1) is 0 Å². The van der Waals surface area contributed by atoms with E-state index in [1.54, 1.807) is 6.92 Å². The van der Waals surface area contributed by atoms with Gasteiger partial charge in [0, 0.05) is 6.42 Å². The number of ketones is 1. The predicted octanol–water partition coefficient (Wildman–Crippen LogP) is 1.05. The minimum Gasteiger partial charge on any atom is -0.349 e. The lowest BCUT2D eigenvalue weighted by Gasteiger charge is -2.02. The van der Waals surface area contributed by atoms with Crippen LogP contribution in [0.5, 0.6) is 0 Å². The Labute approximate surface area is 72.8 Å². The second kappa shape index (κ2) is 5.52. The molecule has 0 atom stereocenters. The van der Waals surface area contributed by atoms with E-state index in [0.717, 1.165) is 6.42 Å². The van der Waals surface area contributed by atoms with E-state index >= 15 is 0 Å². The fraction of sp³-hybridized carbons (Fsp3) is 0.556. The number of hydrogen-bond donors (Lipinski definition) is 1. The summed E-state index contributed by atoms with van der Waals surface area (Å²) < 4.78 is 0. The van der Waals surface area contributed by atoms with Crippen LogP contribution in [0.4, 0.5) is 0 Å². The van der Waals surface area contributed by atoms with Crippen molar-refractivity contribution in [3.63, 3.8) is 0 Å². The molecule has 0 aliphatic rings. The average Bonchev–Trinajstić information content (AvgIpc) is 2.00. The van der Waals surface area contributed by atoms with Crippen molar-refractivity contribution in [1.29, 1.82) is 0 Å². The molecular formula is C9H15NO2. The van der Waals surface area contributed by atoms with Crippen LogP contribution in [0.2, 0.25) is 0 Å². The molecule has 0 aromatic heterocycles. The van der Waals surface area contributed by atoms with Crippen LogP contribution in [-0.2, 0) is 9.59 Å². The van der Waals surface area contributed by atoms with Crippen LogP contribution in [0.1, 0.15) is 26.7 Å². The van der Waals surface area contributed by atoms with Gasteiger partial charge in [0.1, 0.15) is 0 Å². The van der Waals surface area contributed by atoms with Gasteiger partial charge in [0.25, 0.3) is 0 Å². The largest absolute Gasteiger partial charge is 0.349 e. The normalized spacial score (nSPS) is 9.17. The summed E-state index contributed by atoms with van der Waals surface area (Å²) in [5.74, 6) is -0.188. The van der Waals surface area contributed by atoms with E-state index in [9.17, 15) is 9.59 Å². The third-order valence-electron chi connectivity index (χ3n) is 1.40. The van der Waals surface area contributed by atoms with E-state index in [-0.39, 0.29) is 18.2 Å². The maximum Gasteiger partial charge on any atom is 0.220 e. The first-order valence-electron chi connectivity index (χ1n) is 4.03. The lowest BCUT2D eigenvalue weighted by molar-refractivity contribution is -0.123. The number of amides is 1. The van der Waals surface area contributed by atoms with E-state index < -0.39 is 0 Å². The van der Waals surface area contributed by atoms with Gasteiger partial charge in [0.05, 0.1) is 6.54 Å². The van der Waals surface area contributed by atoms with Crippen LogP contribution in [0.15, 0.2) is 12.2 Å². The zero-order valence-electron chi connectivity index (χ0n) is 7.64. The molecule has 0 aromatic carbocycles. The van der Waals surface area contributed by atoms with Crippen molar-refractivity contribution < 1.29 is 9.59 Å². The molecule has 0 aliphatic heterocycles. The van der Waals surface area contributed by atoms with Crippen LogP contribution in [-0.4, -0.2) is 18.2 Å². The minimum absolute atomic E-state index is 0.0768. The van der Waals surface area contributed by atoms with Gasteiger partial charge < -0.3 is 5.32 Å². The van der Waals surface area contributed by atoms with Gasteiger partial charge in [-0.2, -0.15) is 0 Å². The summed E-state index contributed by atoms with van der Waals surface area (Å²) in [7, 11) is 0. The summed E-state index contributed by atoms with van der Waals surface area (Å²) in [6.45, 7) is 7.11. The third-order valence-corrected chi connectivity index (χ3v) is 1.40. The quantitative estimate of drug-likeness (QED) is 0.625. The molecule has 3 nitrogen and oxygen atoms in total. The highest BCUT2D eigenvalue weighted by atomic mass is 16.2. The molecular weight excluding hydrogens is 154 g/mol. The Kier molecular flexibility index (Phi) is 5.00. The predicted molar refractivity (Wildman–Crippen MR) is 47.7 cm³/mol. The molecule has 0 heterocycles. The highest BCUT2D eigenvalue weighted by Gasteiger charge is 2.04. The molecule has 0 bridgehead atoms. The summed E-state index contributed by atoms with van der Waals surface area (Å²) in [6.07, 6.45) is 1.27. The molecule has 0 radical (unpaired) electrons. The minimum atomic E-state index is -0.112. The third kappa shape index (κ3) is 4.66. The van der Waals surface area contributed by atoms with Gasteiger partial charge in [0.15, 0.2) is 5.78 Å². The lowest BCUT2D eigenvalue weighted by Crippen LogP contribution is -2.29. The van der Waals surface area contributed by atoms with E-state index in [2.05, 4.69) is 11.9 Å². The zero-order valence-corrected chi connectivity index (χ0v) is 7.64. The van der Waals surface area contributed by atoms with Gasteiger partial charge in [-0.3, -0.25) is 9.59 Å². The van der Waals surface area contributed by atoms with Crippen molar-refractivity contribution in [1.82, 2.24) is 5.32 Å². The van der Waals surface area contributed by atoms with Crippen molar-refractivity contribution in [3.05, 3.63) is 12.2 Å². The summed E-state index contributed by atoms with van der Waals surface area (Å²) in [5.41, 5.74) is 0.479. The number of carbonyl (C=O) groups excluding carboxylic acids is 2. The highest BCUT2D eigenvalue weighted by molar-refractivity contribution is 5.97. The second-order valence-electron chi connectivity index (χ2n) is 2.73. The first-order valence-corrected chi connectivity index (χ1v) is 4.03. The molecule has 12 heavy (non-hydrogen) atoms. The fourth-order valence-corrected chi connectivity index (χ4v) is 0.645. The molecule has 0 aliphatic carbocycles. The standard InChI is InChI=1S/C9H15NO2/c1-4-5-9(12)10-6-8(11)7(2)3/h2,4-6H2,1,3H3,(H,10,12). The number of hydrogen-bond acceptors (Lipinski definition) is 2. The molecule has 0 unspecified atom stereocenters. The Morgan fingerprint density at radius 3 is 2.42 bits per heavy atom. The summed E-state index contributed by atoms with van der Waals surface area (Å²) in [4.78, 5) is 21.8. The van der Waals surface area contributed by atoms with Crippen molar-refractivity contribution >= 4 is 11.7 Å². The molecule has 0 aromatic rings. The second-order valence-corrected chi connectivity index (χ2v) is 2.73. The average molecular weight is 169 g/mol. The topological polar surface area (TPSA) is 46.2 Å².